The number of carbonyl (C=O) groups is 1. The zero-order chi connectivity index (χ0) is 13.3. The minimum absolute atomic E-state index is 0.173. The molecule has 1 aliphatic carbocycles. The molecule has 0 radical (unpaired) electrons. The molecule has 0 fully saturated rings. The third-order valence-electron chi connectivity index (χ3n) is 3.19. The highest BCUT2D eigenvalue weighted by atomic mass is 35.5. The Morgan fingerprint density at radius 3 is 3.00 bits per heavy atom. The van der Waals surface area contributed by atoms with Crippen molar-refractivity contribution >= 4 is 17.6 Å². The number of rotatable bonds is 3. The normalized spacial score (nSPS) is 21.8. The van der Waals surface area contributed by atoms with E-state index in [9.17, 15) is 14.3 Å². The van der Waals surface area contributed by atoms with Crippen molar-refractivity contribution in [3.63, 3.8) is 0 Å². The second-order valence-electron chi connectivity index (χ2n) is 4.43. The molecule has 1 aromatic rings. The minimum Gasteiger partial charge on any atom is -0.466 e. The van der Waals surface area contributed by atoms with Gasteiger partial charge in [0.15, 0.2) is 0 Å². The molecule has 1 aromatic carbocycles. The molecule has 0 heterocycles. The van der Waals surface area contributed by atoms with Crippen LogP contribution in [0.5, 0.6) is 0 Å². The molecule has 1 atom stereocenters. The van der Waals surface area contributed by atoms with Crippen LogP contribution in [0.25, 0.3) is 0 Å². The van der Waals surface area contributed by atoms with Crippen LogP contribution in [-0.4, -0.2) is 17.7 Å². The number of hydrogen-bond donors (Lipinski definition) is 1. The molecule has 98 valence electrons. The standard InChI is InChI=1S/C13H14ClFO3/c1-2-18-12(16)7-13(17)4-3-9-10(13)5-8(15)6-11(9)14/h5-6,17H,2-4,7H2,1H3/t13-/m0/s1. The molecule has 5 heteroatoms. The number of hydrogen-bond acceptors (Lipinski definition) is 3. The van der Waals surface area contributed by atoms with E-state index < -0.39 is 17.4 Å². The summed E-state index contributed by atoms with van der Waals surface area (Å²) in [5.74, 6) is -1.00. The second kappa shape index (κ2) is 4.86. The molecule has 0 amide bonds. The van der Waals surface area contributed by atoms with E-state index in [1.807, 2.05) is 0 Å². The molecule has 0 aromatic heterocycles. The predicted octanol–water partition coefficient (Wildman–Crippen LogP) is 2.57. The van der Waals surface area contributed by atoms with Crippen LogP contribution in [0.1, 0.15) is 30.9 Å². The lowest BCUT2D eigenvalue weighted by molar-refractivity contribution is -0.149. The minimum atomic E-state index is -1.37. The van der Waals surface area contributed by atoms with E-state index >= 15 is 0 Å². The van der Waals surface area contributed by atoms with E-state index in [-0.39, 0.29) is 13.0 Å². The summed E-state index contributed by atoms with van der Waals surface area (Å²) in [6.45, 7) is 1.95. The third kappa shape index (κ3) is 2.35. The lowest BCUT2D eigenvalue weighted by Crippen LogP contribution is -2.27. The molecule has 2 rings (SSSR count). The van der Waals surface area contributed by atoms with Gasteiger partial charge in [0.1, 0.15) is 11.4 Å². The summed E-state index contributed by atoms with van der Waals surface area (Å²) in [6.07, 6.45) is 0.711. The van der Waals surface area contributed by atoms with Gasteiger partial charge < -0.3 is 9.84 Å². The number of aliphatic hydroxyl groups is 1. The molecule has 0 aliphatic heterocycles. The zero-order valence-corrected chi connectivity index (χ0v) is 10.8. The molecule has 0 saturated carbocycles. The van der Waals surface area contributed by atoms with Gasteiger partial charge in [-0.3, -0.25) is 4.79 Å². The first-order valence-electron chi connectivity index (χ1n) is 5.82. The summed E-state index contributed by atoms with van der Waals surface area (Å²) >= 11 is 5.93. The Bertz CT molecular complexity index is 489. The molecule has 0 spiro atoms. The van der Waals surface area contributed by atoms with Gasteiger partial charge in [0.2, 0.25) is 0 Å². The second-order valence-corrected chi connectivity index (χ2v) is 4.83. The lowest BCUT2D eigenvalue weighted by atomic mass is 9.92. The Morgan fingerprint density at radius 2 is 2.33 bits per heavy atom. The Hall–Kier alpha value is -1.13. The van der Waals surface area contributed by atoms with Crippen LogP contribution in [0.2, 0.25) is 5.02 Å². The lowest BCUT2D eigenvalue weighted by Gasteiger charge is -2.23. The smallest absolute Gasteiger partial charge is 0.309 e. The van der Waals surface area contributed by atoms with Crippen LogP contribution in [0.4, 0.5) is 4.39 Å². The number of benzene rings is 1. The van der Waals surface area contributed by atoms with Gasteiger partial charge in [-0.05, 0) is 43.0 Å². The fourth-order valence-corrected chi connectivity index (χ4v) is 2.67. The Morgan fingerprint density at radius 1 is 1.61 bits per heavy atom. The highest BCUT2D eigenvalue weighted by Crippen LogP contribution is 2.42. The average Bonchev–Trinajstić information content (AvgIpc) is 2.57. The summed E-state index contributed by atoms with van der Waals surface area (Å²) in [7, 11) is 0. The van der Waals surface area contributed by atoms with Gasteiger partial charge in [0, 0.05) is 5.02 Å². The topological polar surface area (TPSA) is 46.5 Å². The summed E-state index contributed by atoms with van der Waals surface area (Å²) in [5, 5.41) is 10.8. The van der Waals surface area contributed by atoms with Crippen LogP contribution in [-0.2, 0) is 21.6 Å². The van der Waals surface area contributed by atoms with Crippen molar-refractivity contribution in [2.75, 3.05) is 6.61 Å². The maximum absolute atomic E-state index is 13.3. The maximum atomic E-state index is 13.3. The van der Waals surface area contributed by atoms with Crippen LogP contribution >= 0.6 is 11.6 Å². The monoisotopic (exact) mass is 272 g/mol. The molecular formula is C13H14ClFO3. The fraction of sp³-hybridized carbons (Fsp3) is 0.462. The van der Waals surface area contributed by atoms with E-state index in [1.54, 1.807) is 6.92 Å². The molecule has 3 nitrogen and oxygen atoms in total. The van der Waals surface area contributed by atoms with Gasteiger partial charge >= 0.3 is 5.97 Å². The largest absolute Gasteiger partial charge is 0.466 e. The highest BCUT2D eigenvalue weighted by molar-refractivity contribution is 6.31. The highest BCUT2D eigenvalue weighted by Gasteiger charge is 2.40. The molecule has 1 N–H and O–H groups in total. The van der Waals surface area contributed by atoms with Gasteiger partial charge in [0.25, 0.3) is 0 Å². The summed E-state index contributed by atoms with van der Waals surface area (Å²) in [4.78, 5) is 11.5. The Balaban J connectivity index is 2.32. The summed E-state index contributed by atoms with van der Waals surface area (Å²) in [6, 6.07) is 2.46. The molecule has 18 heavy (non-hydrogen) atoms. The SMILES string of the molecule is CCOC(=O)C[C@@]1(O)CCc2c(Cl)cc(F)cc21. The molecule has 1 aliphatic rings. The van der Waals surface area contributed by atoms with Crippen molar-refractivity contribution in [3.8, 4) is 0 Å². The molecular weight excluding hydrogens is 259 g/mol. The first-order valence-corrected chi connectivity index (χ1v) is 6.20. The Kier molecular flexibility index (Phi) is 3.59. The third-order valence-corrected chi connectivity index (χ3v) is 3.53. The van der Waals surface area contributed by atoms with Crippen molar-refractivity contribution in [2.24, 2.45) is 0 Å². The van der Waals surface area contributed by atoms with E-state index in [4.69, 9.17) is 16.3 Å². The Labute approximate surface area is 110 Å². The first kappa shape index (κ1) is 13.3. The maximum Gasteiger partial charge on any atom is 0.309 e. The van der Waals surface area contributed by atoms with Crippen molar-refractivity contribution < 1.29 is 19.0 Å². The van der Waals surface area contributed by atoms with Gasteiger partial charge in [0.05, 0.1) is 13.0 Å². The van der Waals surface area contributed by atoms with E-state index in [2.05, 4.69) is 0 Å². The number of esters is 1. The van der Waals surface area contributed by atoms with Gasteiger partial charge in [-0.1, -0.05) is 11.6 Å². The predicted molar refractivity (Wildman–Crippen MR) is 64.9 cm³/mol. The zero-order valence-electron chi connectivity index (χ0n) is 10.0. The van der Waals surface area contributed by atoms with Gasteiger partial charge in [-0.25, -0.2) is 4.39 Å². The molecule has 0 unspecified atom stereocenters. The van der Waals surface area contributed by atoms with Crippen LogP contribution < -0.4 is 0 Å². The fourth-order valence-electron chi connectivity index (χ4n) is 2.37. The first-order chi connectivity index (χ1) is 8.46. The van der Waals surface area contributed by atoms with E-state index in [1.165, 1.54) is 12.1 Å². The van der Waals surface area contributed by atoms with E-state index in [0.29, 0.717) is 29.0 Å². The number of ether oxygens (including phenoxy) is 1. The van der Waals surface area contributed by atoms with Gasteiger partial charge in [-0.15, -0.1) is 0 Å². The number of carbonyl (C=O) groups excluding carboxylic acids is 1. The summed E-state index contributed by atoms with van der Waals surface area (Å²) < 4.78 is 18.2. The average molecular weight is 273 g/mol. The van der Waals surface area contributed by atoms with Crippen molar-refractivity contribution in [2.45, 2.75) is 31.8 Å². The number of fused-ring (bicyclic) bond motifs is 1. The van der Waals surface area contributed by atoms with E-state index in [0.717, 1.165) is 0 Å². The van der Waals surface area contributed by atoms with Crippen LogP contribution in [0.3, 0.4) is 0 Å². The number of halogens is 2. The van der Waals surface area contributed by atoms with Crippen molar-refractivity contribution in [3.05, 3.63) is 34.1 Å². The van der Waals surface area contributed by atoms with Gasteiger partial charge in [-0.2, -0.15) is 0 Å². The molecule has 0 bridgehead atoms. The quantitative estimate of drug-likeness (QED) is 0.860. The van der Waals surface area contributed by atoms with Crippen molar-refractivity contribution in [1.82, 2.24) is 0 Å². The summed E-state index contributed by atoms with van der Waals surface area (Å²) in [5.41, 5.74) is -0.252. The van der Waals surface area contributed by atoms with Crippen molar-refractivity contribution in [1.29, 1.82) is 0 Å². The molecule has 0 saturated heterocycles. The van der Waals surface area contributed by atoms with Crippen LogP contribution in [0, 0.1) is 5.82 Å². The van der Waals surface area contributed by atoms with Crippen LogP contribution in [0.15, 0.2) is 12.1 Å².